The van der Waals surface area contributed by atoms with E-state index in [0.29, 0.717) is 24.8 Å². The SMILES string of the molecule is CC(C)CN1CC(C(=O)NC(c2ccccc2)c2cc3ccccc3o2)CC1=O. The molecule has 0 spiro atoms. The van der Waals surface area contributed by atoms with Gasteiger partial charge in [0.2, 0.25) is 11.8 Å². The third-order valence-corrected chi connectivity index (χ3v) is 5.32. The summed E-state index contributed by atoms with van der Waals surface area (Å²) in [6, 6.07) is 19.2. The van der Waals surface area contributed by atoms with Gasteiger partial charge in [0.25, 0.3) is 0 Å². The van der Waals surface area contributed by atoms with E-state index in [1.807, 2.05) is 60.7 Å². The minimum absolute atomic E-state index is 0.0545. The van der Waals surface area contributed by atoms with Crippen LogP contribution < -0.4 is 5.32 Å². The smallest absolute Gasteiger partial charge is 0.226 e. The Kier molecular flexibility index (Phi) is 5.38. The second-order valence-electron chi connectivity index (χ2n) is 8.13. The quantitative estimate of drug-likeness (QED) is 0.688. The second-order valence-corrected chi connectivity index (χ2v) is 8.13. The first kappa shape index (κ1) is 19.2. The first-order valence-corrected chi connectivity index (χ1v) is 10.1. The van der Waals surface area contributed by atoms with E-state index in [0.717, 1.165) is 16.5 Å². The third-order valence-electron chi connectivity index (χ3n) is 5.32. The number of hydrogen-bond acceptors (Lipinski definition) is 3. The highest BCUT2D eigenvalue weighted by atomic mass is 16.3. The molecule has 1 aliphatic rings. The molecular formula is C24H26N2O3. The Hall–Kier alpha value is -3.08. The first-order chi connectivity index (χ1) is 14.0. The molecular weight excluding hydrogens is 364 g/mol. The fourth-order valence-corrected chi connectivity index (χ4v) is 3.93. The third kappa shape index (κ3) is 4.19. The Bertz CT molecular complexity index is 976. The van der Waals surface area contributed by atoms with Gasteiger partial charge in [-0.3, -0.25) is 9.59 Å². The molecule has 0 aliphatic carbocycles. The Labute approximate surface area is 170 Å². The summed E-state index contributed by atoms with van der Waals surface area (Å²) in [7, 11) is 0. The van der Waals surface area contributed by atoms with Gasteiger partial charge in [0.05, 0.1) is 5.92 Å². The molecule has 150 valence electrons. The van der Waals surface area contributed by atoms with Gasteiger partial charge in [-0.25, -0.2) is 0 Å². The van der Waals surface area contributed by atoms with Gasteiger partial charge >= 0.3 is 0 Å². The largest absolute Gasteiger partial charge is 0.459 e. The number of hydrogen-bond donors (Lipinski definition) is 1. The van der Waals surface area contributed by atoms with Crippen molar-refractivity contribution in [3.05, 3.63) is 72.0 Å². The molecule has 2 heterocycles. The highest BCUT2D eigenvalue weighted by Gasteiger charge is 2.35. The van der Waals surface area contributed by atoms with Crippen molar-refractivity contribution in [2.45, 2.75) is 26.3 Å². The zero-order valence-corrected chi connectivity index (χ0v) is 16.8. The number of nitrogens with zero attached hydrogens (tertiary/aromatic N) is 1. The molecule has 2 aromatic carbocycles. The van der Waals surface area contributed by atoms with Crippen molar-refractivity contribution in [3.63, 3.8) is 0 Å². The van der Waals surface area contributed by atoms with Crippen LogP contribution in [0, 0.1) is 11.8 Å². The Morgan fingerprint density at radius 3 is 2.59 bits per heavy atom. The lowest BCUT2D eigenvalue weighted by atomic mass is 10.0. The summed E-state index contributed by atoms with van der Waals surface area (Å²) in [6.07, 6.45) is 0.264. The fraction of sp³-hybridized carbons (Fsp3) is 0.333. The van der Waals surface area contributed by atoms with Crippen LogP contribution in [0.25, 0.3) is 11.0 Å². The lowest BCUT2D eigenvalue weighted by Gasteiger charge is -2.21. The Balaban J connectivity index is 1.58. The number of carbonyl (C=O) groups excluding carboxylic acids is 2. The lowest BCUT2D eigenvalue weighted by molar-refractivity contribution is -0.129. The van der Waals surface area contributed by atoms with E-state index < -0.39 is 6.04 Å². The highest BCUT2D eigenvalue weighted by Crippen LogP contribution is 2.29. The number of nitrogens with one attached hydrogen (secondary N) is 1. The summed E-state index contributed by atoms with van der Waals surface area (Å²) in [6.45, 7) is 5.32. The van der Waals surface area contributed by atoms with Gasteiger partial charge < -0.3 is 14.6 Å². The molecule has 4 rings (SSSR count). The molecule has 2 unspecified atom stereocenters. The number of benzene rings is 2. The average Bonchev–Trinajstić information content (AvgIpc) is 3.30. The molecule has 1 N–H and O–H groups in total. The van der Waals surface area contributed by atoms with Crippen molar-refractivity contribution in [1.82, 2.24) is 10.2 Å². The summed E-state index contributed by atoms with van der Waals surface area (Å²) in [4.78, 5) is 27.2. The van der Waals surface area contributed by atoms with Crippen LogP contribution in [0.2, 0.25) is 0 Å². The van der Waals surface area contributed by atoms with Gasteiger partial charge in [-0.15, -0.1) is 0 Å². The van der Waals surface area contributed by atoms with Crippen molar-refractivity contribution in [2.24, 2.45) is 11.8 Å². The van der Waals surface area contributed by atoms with Crippen molar-refractivity contribution >= 4 is 22.8 Å². The number of likely N-dealkylation sites (tertiary alicyclic amines) is 1. The zero-order valence-electron chi connectivity index (χ0n) is 16.8. The van der Waals surface area contributed by atoms with Gasteiger partial charge in [0.15, 0.2) is 0 Å². The Morgan fingerprint density at radius 1 is 1.14 bits per heavy atom. The standard InChI is InChI=1S/C24H26N2O3/c1-16(2)14-26-15-19(13-22(26)27)24(28)25-23(17-8-4-3-5-9-17)21-12-18-10-6-7-11-20(18)29-21/h3-12,16,19,23H,13-15H2,1-2H3,(H,25,28). The minimum Gasteiger partial charge on any atom is -0.459 e. The predicted molar refractivity (Wildman–Crippen MR) is 112 cm³/mol. The van der Waals surface area contributed by atoms with Crippen LogP contribution in [-0.2, 0) is 9.59 Å². The molecule has 0 radical (unpaired) electrons. The number of furan rings is 1. The molecule has 29 heavy (non-hydrogen) atoms. The maximum atomic E-state index is 13.1. The van der Waals surface area contributed by atoms with E-state index in [4.69, 9.17) is 4.42 Å². The number of para-hydroxylation sites is 1. The van der Waals surface area contributed by atoms with Gasteiger partial charge in [-0.1, -0.05) is 62.4 Å². The van der Waals surface area contributed by atoms with E-state index in [1.54, 1.807) is 4.90 Å². The topological polar surface area (TPSA) is 62.6 Å². The average molecular weight is 390 g/mol. The second kappa shape index (κ2) is 8.11. The summed E-state index contributed by atoms with van der Waals surface area (Å²) < 4.78 is 6.05. The van der Waals surface area contributed by atoms with E-state index in [-0.39, 0.29) is 24.2 Å². The molecule has 1 fully saturated rings. The van der Waals surface area contributed by atoms with E-state index in [9.17, 15) is 9.59 Å². The van der Waals surface area contributed by atoms with Crippen molar-refractivity contribution in [1.29, 1.82) is 0 Å². The molecule has 0 bridgehead atoms. The molecule has 0 saturated carbocycles. The highest BCUT2D eigenvalue weighted by molar-refractivity contribution is 5.89. The minimum atomic E-state index is -0.398. The maximum Gasteiger partial charge on any atom is 0.226 e. The van der Waals surface area contributed by atoms with Crippen molar-refractivity contribution in [2.75, 3.05) is 13.1 Å². The summed E-state index contributed by atoms with van der Waals surface area (Å²) >= 11 is 0. The summed E-state index contributed by atoms with van der Waals surface area (Å²) in [5, 5.41) is 4.13. The number of amides is 2. The molecule has 5 nitrogen and oxygen atoms in total. The van der Waals surface area contributed by atoms with Gasteiger partial charge in [-0.2, -0.15) is 0 Å². The van der Waals surface area contributed by atoms with Crippen molar-refractivity contribution in [3.8, 4) is 0 Å². The number of carbonyl (C=O) groups is 2. The molecule has 2 atom stereocenters. The van der Waals surface area contributed by atoms with Crippen LogP contribution in [0.4, 0.5) is 0 Å². The van der Waals surface area contributed by atoms with Crippen LogP contribution in [0.5, 0.6) is 0 Å². The lowest BCUT2D eigenvalue weighted by Crippen LogP contribution is -2.36. The van der Waals surface area contributed by atoms with E-state index in [2.05, 4.69) is 19.2 Å². The normalized spacial score (nSPS) is 17.8. The number of fused-ring (bicyclic) bond motifs is 1. The summed E-state index contributed by atoms with van der Waals surface area (Å²) in [5.74, 6) is 0.678. The monoisotopic (exact) mass is 390 g/mol. The van der Waals surface area contributed by atoms with Gasteiger partial charge in [0, 0.05) is 24.9 Å². The van der Waals surface area contributed by atoms with Crippen molar-refractivity contribution < 1.29 is 14.0 Å². The fourth-order valence-electron chi connectivity index (χ4n) is 3.93. The van der Waals surface area contributed by atoms with Crippen LogP contribution in [-0.4, -0.2) is 29.8 Å². The van der Waals surface area contributed by atoms with Gasteiger partial charge in [0.1, 0.15) is 17.4 Å². The Morgan fingerprint density at radius 2 is 1.86 bits per heavy atom. The molecule has 1 aromatic heterocycles. The molecule has 3 aromatic rings. The predicted octanol–water partition coefficient (Wildman–Crippen LogP) is 4.14. The van der Waals surface area contributed by atoms with Crippen LogP contribution in [0.1, 0.15) is 37.6 Å². The van der Waals surface area contributed by atoms with Crippen LogP contribution >= 0.6 is 0 Å². The molecule has 1 aliphatic heterocycles. The maximum absolute atomic E-state index is 13.1. The van der Waals surface area contributed by atoms with E-state index >= 15 is 0 Å². The van der Waals surface area contributed by atoms with E-state index in [1.165, 1.54) is 0 Å². The zero-order chi connectivity index (χ0) is 20.4. The first-order valence-electron chi connectivity index (χ1n) is 10.1. The molecule has 5 heteroatoms. The number of rotatable bonds is 6. The molecule has 2 amide bonds. The summed E-state index contributed by atoms with van der Waals surface area (Å²) in [5.41, 5.74) is 1.74. The van der Waals surface area contributed by atoms with Gasteiger partial charge in [-0.05, 0) is 23.6 Å². The molecule has 1 saturated heterocycles. The van der Waals surface area contributed by atoms with Crippen LogP contribution in [0.15, 0.2) is 65.1 Å². The van der Waals surface area contributed by atoms with Crippen LogP contribution in [0.3, 0.4) is 0 Å².